The molecule has 0 fully saturated rings. The van der Waals surface area contributed by atoms with Crippen molar-refractivity contribution >= 4 is 11.1 Å². The Hall–Kier alpha value is -1.39. The standard InChI is InChI=1S/C13H18N2O2/c1-9-5-6-11-12(8-9)17-13(15-11)10(14)4-3-7-16-2/h5-6,8,10H,3-4,7,14H2,1-2H3. The Morgan fingerprint density at radius 1 is 1.47 bits per heavy atom. The third-order valence-corrected chi connectivity index (χ3v) is 2.74. The van der Waals surface area contributed by atoms with Gasteiger partial charge in [0.1, 0.15) is 5.52 Å². The smallest absolute Gasteiger partial charge is 0.212 e. The lowest BCUT2D eigenvalue weighted by molar-refractivity contribution is 0.189. The van der Waals surface area contributed by atoms with E-state index in [-0.39, 0.29) is 6.04 Å². The van der Waals surface area contributed by atoms with E-state index in [1.807, 2.05) is 25.1 Å². The number of benzene rings is 1. The summed E-state index contributed by atoms with van der Waals surface area (Å²) in [6.07, 6.45) is 1.73. The van der Waals surface area contributed by atoms with Crippen LogP contribution in [0.5, 0.6) is 0 Å². The molecule has 4 heteroatoms. The van der Waals surface area contributed by atoms with Crippen LogP contribution in [0.3, 0.4) is 0 Å². The number of nitrogens with zero attached hydrogens (tertiary/aromatic N) is 1. The second kappa shape index (κ2) is 5.29. The third kappa shape index (κ3) is 2.84. The van der Waals surface area contributed by atoms with Crippen LogP contribution in [-0.2, 0) is 4.74 Å². The van der Waals surface area contributed by atoms with Crippen molar-refractivity contribution in [2.45, 2.75) is 25.8 Å². The molecule has 0 spiro atoms. The highest BCUT2D eigenvalue weighted by Crippen LogP contribution is 2.22. The van der Waals surface area contributed by atoms with E-state index < -0.39 is 0 Å². The van der Waals surface area contributed by atoms with Crippen LogP contribution in [0.15, 0.2) is 22.6 Å². The van der Waals surface area contributed by atoms with Gasteiger partial charge in [0.25, 0.3) is 0 Å². The van der Waals surface area contributed by atoms with Gasteiger partial charge >= 0.3 is 0 Å². The van der Waals surface area contributed by atoms with Gasteiger partial charge in [0.2, 0.25) is 5.89 Å². The first kappa shape index (κ1) is 12.1. The minimum Gasteiger partial charge on any atom is -0.439 e. The summed E-state index contributed by atoms with van der Waals surface area (Å²) in [5.41, 5.74) is 8.86. The first-order valence-corrected chi connectivity index (χ1v) is 5.82. The predicted molar refractivity (Wildman–Crippen MR) is 66.8 cm³/mol. The Morgan fingerprint density at radius 2 is 2.29 bits per heavy atom. The van der Waals surface area contributed by atoms with Crippen molar-refractivity contribution in [3.8, 4) is 0 Å². The van der Waals surface area contributed by atoms with Crippen molar-refractivity contribution < 1.29 is 9.15 Å². The van der Waals surface area contributed by atoms with Crippen LogP contribution in [0.4, 0.5) is 0 Å². The summed E-state index contributed by atoms with van der Waals surface area (Å²) in [5, 5.41) is 0. The van der Waals surface area contributed by atoms with Crippen molar-refractivity contribution in [2.75, 3.05) is 13.7 Å². The Kier molecular flexibility index (Phi) is 3.76. The van der Waals surface area contributed by atoms with Crippen LogP contribution in [0.25, 0.3) is 11.1 Å². The van der Waals surface area contributed by atoms with Gasteiger partial charge in [-0.3, -0.25) is 0 Å². The van der Waals surface area contributed by atoms with Gasteiger partial charge in [0.05, 0.1) is 6.04 Å². The van der Waals surface area contributed by atoms with Gasteiger partial charge in [-0.2, -0.15) is 0 Å². The quantitative estimate of drug-likeness (QED) is 0.808. The first-order valence-electron chi connectivity index (χ1n) is 5.82. The van der Waals surface area contributed by atoms with Crippen LogP contribution in [-0.4, -0.2) is 18.7 Å². The zero-order chi connectivity index (χ0) is 12.3. The molecule has 0 aliphatic rings. The molecule has 0 aliphatic heterocycles. The lowest BCUT2D eigenvalue weighted by atomic mass is 10.2. The van der Waals surface area contributed by atoms with E-state index in [2.05, 4.69) is 4.98 Å². The minimum atomic E-state index is -0.155. The molecule has 1 aromatic carbocycles. The van der Waals surface area contributed by atoms with Crippen molar-refractivity contribution in [2.24, 2.45) is 5.73 Å². The number of hydrogen-bond donors (Lipinski definition) is 1. The van der Waals surface area contributed by atoms with Crippen LogP contribution in [0.2, 0.25) is 0 Å². The van der Waals surface area contributed by atoms with E-state index in [9.17, 15) is 0 Å². The summed E-state index contributed by atoms with van der Waals surface area (Å²) in [4.78, 5) is 4.40. The number of aryl methyl sites for hydroxylation is 1. The fourth-order valence-corrected chi connectivity index (χ4v) is 1.78. The number of hydrogen-bond acceptors (Lipinski definition) is 4. The highest BCUT2D eigenvalue weighted by molar-refractivity contribution is 5.73. The van der Waals surface area contributed by atoms with Crippen molar-refractivity contribution in [3.63, 3.8) is 0 Å². The lowest BCUT2D eigenvalue weighted by Crippen LogP contribution is -2.11. The third-order valence-electron chi connectivity index (χ3n) is 2.74. The summed E-state index contributed by atoms with van der Waals surface area (Å²) in [7, 11) is 1.69. The summed E-state index contributed by atoms with van der Waals surface area (Å²) in [6.45, 7) is 2.74. The molecule has 92 valence electrons. The Morgan fingerprint density at radius 3 is 3.06 bits per heavy atom. The van der Waals surface area contributed by atoms with Gasteiger partial charge in [-0.25, -0.2) is 4.98 Å². The van der Waals surface area contributed by atoms with Crippen LogP contribution in [0.1, 0.15) is 30.3 Å². The number of fused-ring (bicyclic) bond motifs is 1. The van der Waals surface area contributed by atoms with Gasteiger partial charge in [0, 0.05) is 13.7 Å². The van der Waals surface area contributed by atoms with Gasteiger partial charge in [-0.15, -0.1) is 0 Å². The van der Waals surface area contributed by atoms with Crippen molar-refractivity contribution in [1.82, 2.24) is 4.98 Å². The molecule has 1 aromatic heterocycles. The Bertz CT molecular complexity index is 493. The maximum atomic E-state index is 6.03. The number of nitrogens with two attached hydrogens (primary N) is 1. The highest BCUT2D eigenvalue weighted by atomic mass is 16.5. The van der Waals surface area contributed by atoms with Gasteiger partial charge in [0.15, 0.2) is 5.58 Å². The highest BCUT2D eigenvalue weighted by Gasteiger charge is 2.13. The maximum Gasteiger partial charge on any atom is 0.212 e. The van der Waals surface area contributed by atoms with E-state index >= 15 is 0 Å². The second-order valence-corrected chi connectivity index (χ2v) is 4.26. The minimum absolute atomic E-state index is 0.155. The molecule has 2 N–H and O–H groups in total. The molecule has 2 rings (SSSR count). The van der Waals surface area contributed by atoms with Crippen LogP contribution >= 0.6 is 0 Å². The molecule has 0 saturated carbocycles. The first-order chi connectivity index (χ1) is 8.20. The molecule has 0 radical (unpaired) electrons. The van der Waals surface area contributed by atoms with E-state index in [1.54, 1.807) is 7.11 Å². The zero-order valence-corrected chi connectivity index (χ0v) is 10.3. The number of oxazole rings is 1. The van der Waals surface area contributed by atoms with Gasteiger partial charge in [-0.1, -0.05) is 6.07 Å². The molecule has 0 bridgehead atoms. The average Bonchev–Trinajstić information content (AvgIpc) is 2.72. The van der Waals surface area contributed by atoms with E-state index in [0.717, 1.165) is 29.5 Å². The van der Waals surface area contributed by atoms with Gasteiger partial charge in [-0.05, 0) is 37.5 Å². The van der Waals surface area contributed by atoms with E-state index in [1.165, 1.54) is 0 Å². The number of methoxy groups -OCH3 is 1. The SMILES string of the molecule is COCCCC(N)c1nc2ccc(C)cc2o1. The van der Waals surface area contributed by atoms with Crippen molar-refractivity contribution in [1.29, 1.82) is 0 Å². The predicted octanol–water partition coefficient (Wildman–Crippen LogP) is 2.56. The van der Waals surface area contributed by atoms with Gasteiger partial charge < -0.3 is 14.9 Å². The molecule has 1 unspecified atom stereocenters. The fraction of sp³-hybridized carbons (Fsp3) is 0.462. The number of ether oxygens (including phenoxy) is 1. The summed E-state index contributed by atoms with van der Waals surface area (Å²) >= 11 is 0. The second-order valence-electron chi connectivity index (χ2n) is 4.26. The molecule has 4 nitrogen and oxygen atoms in total. The molecular formula is C13H18N2O2. The Balaban J connectivity index is 2.12. The molecule has 1 atom stereocenters. The van der Waals surface area contributed by atoms with E-state index in [4.69, 9.17) is 14.9 Å². The number of rotatable bonds is 5. The summed E-state index contributed by atoms with van der Waals surface area (Å²) in [6, 6.07) is 5.80. The Labute approximate surface area is 101 Å². The molecule has 1 heterocycles. The van der Waals surface area contributed by atoms with Crippen LogP contribution < -0.4 is 5.73 Å². The van der Waals surface area contributed by atoms with Crippen molar-refractivity contribution in [3.05, 3.63) is 29.7 Å². The molecular weight excluding hydrogens is 216 g/mol. The van der Waals surface area contributed by atoms with Crippen LogP contribution in [0, 0.1) is 6.92 Å². The average molecular weight is 234 g/mol. The zero-order valence-electron chi connectivity index (χ0n) is 10.3. The largest absolute Gasteiger partial charge is 0.439 e. The molecule has 17 heavy (non-hydrogen) atoms. The summed E-state index contributed by atoms with van der Waals surface area (Å²) < 4.78 is 10.7. The number of aromatic nitrogens is 1. The topological polar surface area (TPSA) is 61.3 Å². The molecule has 0 aliphatic carbocycles. The fourth-order valence-electron chi connectivity index (χ4n) is 1.78. The van der Waals surface area contributed by atoms with E-state index in [0.29, 0.717) is 12.5 Å². The molecule has 0 saturated heterocycles. The lowest BCUT2D eigenvalue weighted by Gasteiger charge is -2.05. The monoisotopic (exact) mass is 234 g/mol. The molecule has 2 aromatic rings. The molecule has 0 amide bonds. The summed E-state index contributed by atoms with van der Waals surface area (Å²) in [5.74, 6) is 0.613. The maximum absolute atomic E-state index is 6.03. The normalized spacial score (nSPS) is 13.1.